The van der Waals surface area contributed by atoms with Gasteiger partial charge in [0.15, 0.2) is 0 Å². The molecule has 1 aromatic heterocycles. The van der Waals surface area contributed by atoms with Crippen molar-refractivity contribution in [2.75, 3.05) is 20.3 Å². The van der Waals surface area contributed by atoms with Gasteiger partial charge in [0, 0.05) is 12.8 Å². The van der Waals surface area contributed by atoms with E-state index in [1.165, 1.54) is 0 Å². The second kappa shape index (κ2) is 6.87. The van der Waals surface area contributed by atoms with Gasteiger partial charge in [-0.1, -0.05) is 13.8 Å². The first-order chi connectivity index (χ1) is 9.26. The van der Waals surface area contributed by atoms with Gasteiger partial charge < -0.3 is 14.8 Å². The number of nitrogens with zero attached hydrogens (tertiary/aromatic N) is 1. The summed E-state index contributed by atoms with van der Waals surface area (Å²) in [5.41, 5.74) is 1.14. The van der Waals surface area contributed by atoms with E-state index in [9.17, 15) is 0 Å². The Balaban J connectivity index is 2.20. The van der Waals surface area contributed by atoms with E-state index in [-0.39, 0.29) is 12.1 Å². The maximum atomic E-state index is 5.92. The lowest BCUT2D eigenvalue weighted by atomic mass is 9.93. The molecule has 0 amide bonds. The lowest BCUT2D eigenvalue weighted by molar-refractivity contribution is 0.0605. The number of methoxy groups -OCH3 is 1. The van der Waals surface area contributed by atoms with Crippen molar-refractivity contribution < 1.29 is 9.47 Å². The van der Waals surface area contributed by atoms with Crippen molar-refractivity contribution in [1.29, 1.82) is 0 Å². The van der Waals surface area contributed by atoms with Gasteiger partial charge in [0.1, 0.15) is 5.75 Å². The zero-order valence-corrected chi connectivity index (χ0v) is 12.1. The highest BCUT2D eigenvalue weighted by Gasteiger charge is 2.33. The van der Waals surface area contributed by atoms with E-state index in [0.717, 1.165) is 37.3 Å². The maximum Gasteiger partial charge on any atom is 0.137 e. The molecule has 3 atom stereocenters. The molecule has 0 spiro atoms. The van der Waals surface area contributed by atoms with Crippen molar-refractivity contribution in [1.82, 2.24) is 10.3 Å². The van der Waals surface area contributed by atoms with Crippen LogP contribution in [0.15, 0.2) is 18.5 Å². The van der Waals surface area contributed by atoms with Crippen molar-refractivity contribution in [3.63, 3.8) is 0 Å². The molecule has 4 heteroatoms. The number of pyridine rings is 1. The molecular weight excluding hydrogens is 240 g/mol. The van der Waals surface area contributed by atoms with Crippen LogP contribution in [0.1, 0.15) is 38.3 Å². The van der Waals surface area contributed by atoms with E-state index < -0.39 is 0 Å². The number of hydrogen-bond acceptors (Lipinski definition) is 4. The first-order valence-electron chi connectivity index (χ1n) is 7.10. The van der Waals surface area contributed by atoms with Gasteiger partial charge in [-0.05, 0) is 36.9 Å². The van der Waals surface area contributed by atoms with Crippen LogP contribution in [-0.4, -0.2) is 31.3 Å². The fourth-order valence-corrected chi connectivity index (χ4v) is 2.58. The van der Waals surface area contributed by atoms with Crippen LogP contribution in [0.2, 0.25) is 0 Å². The fraction of sp³-hybridized carbons (Fsp3) is 0.667. The van der Waals surface area contributed by atoms with E-state index >= 15 is 0 Å². The molecule has 19 heavy (non-hydrogen) atoms. The third-order valence-electron chi connectivity index (χ3n) is 3.72. The molecule has 1 aliphatic rings. The molecule has 1 saturated heterocycles. The summed E-state index contributed by atoms with van der Waals surface area (Å²) in [6.07, 6.45) is 6.10. The molecule has 3 unspecified atom stereocenters. The van der Waals surface area contributed by atoms with Crippen molar-refractivity contribution in [3.05, 3.63) is 24.0 Å². The predicted molar refractivity (Wildman–Crippen MR) is 75.3 cm³/mol. The van der Waals surface area contributed by atoms with Crippen molar-refractivity contribution in [3.8, 4) is 5.75 Å². The third kappa shape index (κ3) is 3.45. The van der Waals surface area contributed by atoms with Gasteiger partial charge in [0.05, 0.1) is 25.5 Å². The van der Waals surface area contributed by atoms with Crippen LogP contribution < -0.4 is 10.1 Å². The Kier molecular flexibility index (Phi) is 5.16. The molecule has 0 bridgehead atoms. The summed E-state index contributed by atoms with van der Waals surface area (Å²) in [6.45, 7) is 6.26. The highest BCUT2D eigenvalue weighted by molar-refractivity contribution is 5.27. The minimum atomic E-state index is 0.194. The van der Waals surface area contributed by atoms with Crippen LogP contribution >= 0.6 is 0 Å². The monoisotopic (exact) mass is 264 g/mol. The van der Waals surface area contributed by atoms with Crippen LogP contribution in [0.3, 0.4) is 0 Å². The SMILES string of the molecule is CCCNC(c1cncc(OC)c1)C1OCCC1C. The van der Waals surface area contributed by atoms with Crippen LogP contribution in [0.5, 0.6) is 5.75 Å². The summed E-state index contributed by atoms with van der Waals surface area (Å²) in [7, 11) is 1.67. The standard InChI is InChI=1S/C15H24N2O2/c1-4-6-17-14(15-11(2)5-7-19-15)12-8-13(18-3)10-16-9-12/h8-11,14-15,17H,4-7H2,1-3H3. The first kappa shape index (κ1) is 14.3. The summed E-state index contributed by atoms with van der Waals surface area (Å²) in [5, 5.41) is 3.59. The zero-order chi connectivity index (χ0) is 13.7. The second-order valence-electron chi connectivity index (χ2n) is 5.19. The van der Waals surface area contributed by atoms with E-state index in [1.54, 1.807) is 13.3 Å². The second-order valence-corrected chi connectivity index (χ2v) is 5.19. The third-order valence-corrected chi connectivity index (χ3v) is 3.72. The highest BCUT2D eigenvalue weighted by atomic mass is 16.5. The number of hydrogen-bond donors (Lipinski definition) is 1. The minimum Gasteiger partial charge on any atom is -0.495 e. The normalized spacial score (nSPS) is 24.4. The van der Waals surface area contributed by atoms with Gasteiger partial charge in [0.2, 0.25) is 0 Å². The lowest BCUT2D eigenvalue weighted by Gasteiger charge is -2.27. The van der Waals surface area contributed by atoms with E-state index in [4.69, 9.17) is 9.47 Å². The molecule has 1 fully saturated rings. The van der Waals surface area contributed by atoms with Gasteiger partial charge >= 0.3 is 0 Å². The number of ether oxygens (including phenoxy) is 2. The quantitative estimate of drug-likeness (QED) is 0.857. The Morgan fingerprint density at radius 3 is 3.00 bits per heavy atom. The Hall–Kier alpha value is -1.13. The molecule has 106 valence electrons. The lowest BCUT2D eigenvalue weighted by Crippen LogP contribution is -2.35. The Labute approximate surface area is 115 Å². The van der Waals surface area contributed by atoms with E-state index in [2.05, 4.69) is 30.2 Å². The van der Waals surface area contributed by atoms with Crippen LogP contribution in [0.25, 0.3) is 0 Å². The van der Waals surface area contributed by atoms with Crippen molar-refractivity contribution in [2.24, 2.45) is 5.92 Å². The molecule has 2 rings (SSSR count). The Bertz CT molecular complexity index is 397. The van der Waals surface area contributed by atoms with E-state index in [1.807, 2.05) is 6.20 Å². The maximum absolute atomic E-state index is 5.92. The highest BCUT2D eigenvalue weighted by Crippen LogP contribution is 2.32. The van der Waals surface area contributed by atoms with Gasteiger partial charge in [-0.15, -0.1) is 0 Å². The molecule has 0 aromatic carbocycles. The molecule has 0 saturated carbocycles. The van der Waals surface area contributed by atoms with Gasteiger partial charge in [0.25, 0.3) is 0 Å². The van der Waals surface area contributed by atoms with Gasteiger partial charge in [-0.2, -0.15) is 0 Å². The predicted octanol–water partition coefficient (Wildman–Crippen LogP) is 2.56. The molecule has 2 heterocycles. The molecule has 1 aromatic rings. The molecule has 0 radical (unpaired) electrons. The van der Waals surface area contributed by atoms with Crippen molar-refractivity contribution in [2.45, 2.75) is 38.8 Å². The minimum absolute atomic E-state index is 0.194. The zero-order valence-electron chi connectivity index (χ0n) is 12.1. The topological polar surface area (TPSA) is 43.4 Å². The van der Waals surface area contributed by atoms with Crippen molar-refractivity contribution >= 4 is 0 Å². The summed E-state index contributed by atoms with van der Waals surface area (Å²) in [4.78, 5) is 4.26. The Morgan fingerprint density at radius 2 is 2.37 bits per heavy atom. The summed E-state index contributed by atoms with van der Waals surface area (Å²) in [5.74, 6) is 1.37. The average molecular weight is 264 g/mol. The molecule has 4 nitrogen and oxygen atoms in total. The smallest absolute Gasteiger partial charge is 0.137 e. The summed E-state index contributed by atoms with van der Waals surface area (Å²) < 4.78 is 11.2. The van der Waals surface area contributed by atoms with Crippen LogP contribution in [-0.2, 0) is 4.74 Å². The summed E-state index contributed by atoms with van der Waals surface area (Å²) in [6, 6.07) is 2.24. The Morgan fingerprint density at radius 1 is 1.53 bits per heavy atom. The molecule has 0 aliphatic carbocycles. The fourth-order valence-electron chi connectivity index (χ4n) is 2.58. The summed E-state index contributed by atoms with van der Waals surface area (Å²) >= 11 is 0. The number of rotatable bonds is 6. The number of aromatic nitrogens is 1. The number of nitrogens with one attached hydrogen (secondary N) is 1. The molecule has 1 N–H and O–H groups in total. The molecular formula is C15H24N2O2. The van der Waals surface area contributed by atoms with E-state index in [0.29, 0.717) is 5.92 Å². The average Bonchev–Trinajstić information content (AvgIpc) is 2.86. The van der Waals surface area contributed by atoms with Gasteiger partial charge in [-0.3, -0.25) is 4.98 Å². The first-order valence-corrected chi connectivity index (χ1v) is 7.10. The van der Waals surface area contributed by atoms with Crippen LogP contribution in [0, 0.1) is 5.92 Å². The van der Waals surface area contributed by atoms with Gasteiger partial charge in [-0.25, -0.2) is 0 Å². The largest absolute Gasteiger partial charge is 0.495 e. The van der Waals surface area contributed by atoms with Crippen LogP contribution in [0.4, 0.5) is 0 Å². The molecule has 1 aliphatic heterocycles.